The van der Waals surface area contributed by atoms with Crippen LogP contribution in [0.4, 0.5) is 15.8 Å². The van der Waals surface area contributed by atoms with Crippen molar-refractivity contribution in [3.8, 4) is 0 Å². The number of nitrogens with one attached hydrogen (secondary N) is 1. The molecule has 0 bridgehead atoms. The lowest BCUT2D eigenvalue weighted by atomic mass is 9.71. The van der Waals surface area contributed by atoms with E-state index in [-0.39, 0.29) is 17.4 Å². The maximum absolute atomic E-state index is 13.7. The third-order valence-corrected chi connectivity index (χ3v) is 3.88. The molecule has 3 unspecified atom stereocenters. The van der Waals surface area contributed by atoms with Crippen LogP contribution in [0.1, 0.15) is 12.8 Å². The number of anilines is 1. The summed E-state index contributed by atoms with van der Waals surface area (Å²) >= 11 is 0. The first-order valence-corrected chi connectivity index (χ1v) is 6.03. The zero-order valence-corrected chi connectivity index (χ0v) is 9.67. The average molecular weight is 248 g/mol. The molecule has 1 saturated carbocycles. The Kier molecular flexibility index (Phi) is 2.54. The molecule has 94 valence electrons. The molecule has 1 aromatic carbocycles. The van der Waals surface area contributed by atoms with Gasteiger partial charge in [-0.3, -0.25) is 10.1 Å². The Bertz CT molecular complexity index is 530. The molecule has 2 aliphatic rings. The highest BCUT2D eigenvalue weighted by Crippen LogP contribution is 2.45. The number of hydrogen-bond acceptors (Lipinski definition) is 3. The van der Waals surface area contributed by atoms with Gasteiger partial charge in [0.25, 0.3) is 5.69 Å². The highest BCUT2D eigenvalue weighted by atomic mass is 19.1. The third kappa shape index (κ3) is 1.66. The van der Waals surface area contributed by atoms with Gasteiger partial charge in [-0.2, -0.15) is 0 Å². The number of rotatable bonds is 3. The van der Waals surface area contributed by atoms with E-state index in [1.165, 1.54) is 18.2 Å². The van der Waals surface area contributed by atoms with Crippen LogP contribution in [-0.2, 0) is 0 Å². The highest BCUT2D eigenvalue weighted by molar-refractivity contribution is 5.63. The van der Waals surface area contributed by atoms with Gasteiger partial charge in [0.2, 0.25) is 0 Å². The van der Waals surface area contributed by atoms with Crippen LogP contribution < -0.4 is 5.32 Å². The van der Waals surface area contributed by atoms with Gasteiger partial charge in [0, 0.05) is 18.0 Å². The highest BCUT2D eigenvalue weighted by Gasteiger charge is 2.41. The Morgan fingerprint density at radius 1 is 1.44 bits per heavy atom. The lowest BCUT2D eigenvalue weighted by molar-refractivity contribution is -0.384. The van der Waals surface area contributed by atoms with E-state index < -0.39 is 10.7 Å². The molecule has 3 rings (SSSR count). The molecule has 18 heavy (non-hydrogen) atoms. The molecule has 1 fully saturated rings. The van der Waals surface area contributed by atoms with Crippen molar-refractivity contribution in [3.05, 3.63) is 46.3 Å². The molecule has 0 amide bonds. The van der Waals surface area contributed by atoms with Crippen LogP contribution in [-0.4, -0.2) is 11.0 Å². The van der Waals surface area contributed by atoms with E-state index in [9.17, 15) is 14.5 Å². The Morgan fingerprint density at radius 3 is 3.00 bits per heavy atom. The van der Waals surface area contributed by atoms with Crippen molar-refractivity contribution in [1.29, 1.82) is 0 Å². The molecule has 0 aromatic heterocycles. The van der Waals surface area contributed by atoms with Crippen LogP contribution in [0.25, 0.3) is 0 Å². The van der Waals surface area contributed by atoms with Crippen LogP contribution >= 0.6 is 0 Å². The Balaban J connectivity index is 1.84. The molecule has 3 atom stereocenters. The first-order valence-electron chi connectivity index (χ1n) is 6.03. The number of halogens is 1. The van der Waals surface area contributed by atoms with Crippen LogP contribution in [0.15, 0.2) is 30.4 Å². The first kappa shape index (κ1) is 11.2. The second-order valence-corrected chi connectivity index (χ2v) is 4.88. The van der Waals surface area contributed by atoms with Gasteiger partial charge in [0.1, 0.15) is 5.69 Å². The number of nitro benzene ring substituents is 1. The number of para-hydroxylation sites is 1. The SMILES string of the molecule is O=[N+]([O-])c1cccc(F)c1NC1CC2CC=CC21. The van der Waals surface area contributed by atoms with Gasteiger partial charge in [-0.25, -0.2) is 4.39 Å². The van der Waals surface area contributed by atoms with Gasteiger partial charge in [-0.1, -0.05) is 18.2 Å². The van der Waals surface area contributed by atoms with Crippen LogP contribution in [0.2, 0.25) is 0 Å². The molecule has 1 aromatic rings. The van der Waals surface area contributed by atoms with E-state index in [1.807, 2.05) is 0 Å². The fourth-order valence-electron chi connectivity index (χ4n) is 2.88. The minimum absolute atomic E-state index is 0.0197. The molecule has 0 radical (unpaired) electrons. The van der Waals surface area contributed by atoms with Gasteiger partial charge in [0.05, 0.1) is 4.92 Å². The van der Waals surface area contributed by atoms with Crippen molar-refractivity contribution in [1.82, 2.24) is 0 Å². The smallest absolute Gasteiger partial charge is 0.295 e. The Morgan fingerprint density at radius 2 is 2.28 bits per heavy atom. The third-order valence-electron chi connectivity index (χ3n) is 3.88. The molecule has 0 spiro atoms. The zero-order chi connectivity index (χ0) is 12.7. The zero-order valence-electron chi connectivity index (χ0n) is 9.67. The van der Waals surface area contributed by atoms with Crippen molar-refractivity contribution in [2.75, 3.05) is 5.32 Å². The van der Waals surface area contributed by atoms with Gasteiger partial charge in [-0.15, -0.1) is 0 Å². The van der Waals surface area contributed by atoms with E-state index in [4.69, 9.17) is 0 Å². The van der Waals surface area contributed by atoms with Crippen molar-refractivity contribution in [3.63, 3.8) is 0 Å². The first-order chi connectivity index (χ1) is 8.66. The van der Waals surface area contributed by atoms with E-state index in [1.54, 1.807) is 0 Å². The summed E-state index contributed by atoms with van der Waals surface area (Å²) in [7, 11) is 0. The number of nitrogens with zero attached hydrogens (tertiary/aromatic N) is 1. The summed E-state index contributed by atoms with van der Waals surface area (Å²) in [5.74, 6) is 0.465. The van der Waals surface area contributed by atoms with Crippen LogP contribution in [0, 0.1) is 27.8 Å². The molecular formula is C13H13FN2O2. The normalized spacial score (nSPS) is 28.6. The predicted molar refractivity (Wildman–Crippen MR) is 65.8 cm³/mol. The number of nitro groups is 1. The van der Waals surface area contributed by atoms with Gasteiger partial charge >= 0.3 is 0 Å². The van der Waals surface area contributed by atoms with E-state index in [0.717, 1.165) is 12.8 Å². The maximum atomic E-state index is 13.7. The van der Waals surface area contributed by atoms with Crippen LogP contribution in [0.3, 0.4) is 0 Å². The fraction of sp³-hybridized carbons (Fsp3) is 0.385. The molecular weight excluding hydrogens is 235 g/mol. The van der Waals surface area contributed by atoms with Crippen LogP contribution in [0.5, 0.6) is 0 Å². The molecule has 4 nitrogen and oxygen atoms in total. The average Bonchev–Trinajstić information content (AvgIpc) is 2.68. The number of benzene rings is 1. The topological polar surface area (TPSA) is 55.2 Å². The summed E-state index contributed by atoms with van der Waals surface area (Å²) in [6.07, 6.45) is 6.27. The summed E-state index contributed by atoms with van der Waals surface area (Å²) in [6, 6.07) is 4.05. The van der Waals surface area contributed by atoms with E-state index in [2.05, 4.69) is 17.5 Å². The standard InChI is InChI=1S/C13H13FN2O2/c14-10-5-2-6-12(16(17)18)13(10)15-11-7-8-3-1-4-9(8)11/h1-2,4-6,8-9,11,15H,3,7H2. The predicted octanol–water partition coefficient (Wildman–Crippen LogP) is 3.11. The fourth-order valence-corrected chi connectivity index (χ4v) is 2.88. The monoisotopic (exact) mass is 248 g/mol. The lowest BCUT2D eigenvalue weighted by Crippen LogP contribution is -2.43. The quantitative estimate of drug-likeness (QED) is 0.508. The minimum Gasteiger partial charge on any atom is -0.374 e. The summed E-state index contributed by atoms with van der Waals surface area (Å²) < 4.78 is 13.7. The summed E-state index contributed by atoms with van der Waals surface area (Å²) in [5.41, 5.74) is -0.174. The van der Waals surface area contributed by atoms with Gasteiger partial charge in [-0.05, 0) is 24.8 Å². The second kappa shape index (κ2) is 4.08. The van der Waals surface area contributed by atoms with Crippen molar-refractivity contribution >= 4 is 11.4 Å². The molecule has 1 N–H and O–H groups in total. The van der Waals surface area contributed by atoms with Gasteiger partial charge < -0.3 is 5.32 Å². The molecule has 2 aliphatic carbocycles. The lowest BCUT2D eigenvalue weighted by Gasteiger charge is -2.41. The Labute approximate surface area is 104 Å². The number of hydrogen-bond donors (Lipinski definition) is 1. The number of fused-ring (bicyclic) bond motifs is 1. The minimum atomic E-state index is -0.561. The number of allylic oxidation sites excluding steroid dienone is 1. The van der Waals surface area contributed by atoms with E-state index in [0.29, 0.717) is 11.8 Å². The summed E-state index contributed by atoms with van der Waals surface area (Å²) in [6.45, 7) is 0. The molecule has 0 saturated heterocycles. The van der Waals surface area contributed by atoms with E-state index >= 15 is 0 Å². The summed E-state index contributed by atoms with van der Waals surface area (Å²) in [4.78, 5) is 10.3. The molecule has 0 aliphatic heterocycles. The second-order valence-electron chi connectivity index (χ2n) is 4.88. The van der Waals surface area contributed by atoms with Crippen molar-refractivity contribution in [2.45, 2.75) is 18.9 Å². The molecule has 5 heteroatoms. The maximum Gasteiger partial charge on any atom is 0.295 e. The summed E-state index contributed by atoms with van der Waals surface area (Å²) in [5, 5.41) is 13.9. The Hall–Kier alpha value is -1.91. The molecule has 0 heterocycles. The van der Waals surface area contributed by atoms with Crippen molar-refractivity contribution in [2.24, 2.45) is 11.8 Å². The van der Waals surface area contributed by atoms with Gasteiger partial charge in [0.15, 0.2) is 5.82 Å². The largest absolute Gasteiger partial charge is 0.374 e. The van der Waals surface area contributed by atoms with Crippen molar-refractivity contribution < 1.29 is 9.31 Å².